The molecule has 0 aliphatic heterocycles. The lowest BCUT2D eigenvalue weighted by molar-refractivity contribution is 0.739. The van der Waals surface area contributed by atoms with E-state index in [1.165, 1.54) is 5.56 Å². The molecule has 0 spiro atoms. The number of hydrogen-bond acceptors (Lipinski definition) is 2. The molecule has 0 aliphatic carbocycles. The molecule has 0 bridgehead atoms. The van der Waals surface area contributed by atoms with Crippen molar-refractivity contribution < 1.29 is 0 Å². The summed E-state index contributed by atoms with van der Waals surface area (Å²) in [5.74, 6) is 0.797. The van der Waals surface area contributed by atoms with Crippen LogP contribution in [0.15, 0.2) is 41.7 Å². The van der Waals surface area contributed by atoms with Crippen LogP contribution in [0.4, 0.5) is 0 Å². The smallest absolute Gasteiger partial charge is 0.191 e. The zero-order valence-electron chi connectivity index (χ0n) is 13.0. The third-order valence-electron chi connectivity index (χ3n) is 3.27. The lowest BCUT2D eigenvalue weighted by Crippen LogP contribution is -2.37. The fourth-order valence-electron chi connectivity index (χ4n) is 2.15. The van der Waals surface area contributed by atoms with Crippen LogP contribution in [-0.2, 0) is 20.0 Å². The summed E-state index contributed by atoms with van der Waals surface area (Å²) < 4.78 is 1.83. The monoisotopic (exact) mass is 319 g/mol. The molecule has 0 saturated heterocycles. The quantitative estimate of drug-likeness (QED) is 0.488. The normalized spacial score (nSPS) is 11.5. The highest BCUT2D eigenvalue weighted by atomic mass is 35.5. The summed E-state index contributed by atoms with van der Waals surface area (Å²) in [5, 5.41) is 11.5. The van der Waals surface area contributed by atoms with Crippen molar-refractivity contribution in [2.45, 2.75) is 19.4 Å². The Kier molecular flexibility index (Phi) is 6.27. The Hall–Kier alpha value is -2.01. The SMILES string of the molecule is CN=C(NCCCc1cnn(C)c1)NCc1cccc(Cl)c1. The maximum atomic E-state index is 5.98. The van der Waals surface area contributed by atoms with E-state index in [0.29, 0.717) is 6.54 Å². The van der Waals surface area contributed by atoms with E-state index < -0.39 is 0 Å². The molecule has 2 N–H and O–H groups in total. The lowest BCUT2D eigenvalue weighted by atomic mass is 10.2. The zero-order valence-corrected chi connectivity index (χ0v) is 13.8. The van der Waals surface area contributed by atoms with Gasteiger partial charge in [0.25, 0.3) is 0 Å². The van der Waals surface area contributed by atoms with E-state index in [0.717, 1.165) is 35.9 Å². The maximum Gasteiger partial charge on any atom is 0.191 e. The third-order valence-corrected chi connectivity index (χ3v) is 3.50. The second kappa shape index (κ2) is 8.44. The topological polar surface area (TPSA) is 54.2 Å². The summed E-state index contributed by atoms with van der Waals surface area (Å²) in [5.41, 5.74) is 2.39. The van der Waals surface area contributed by atoms with Crippen LogP contribution in [0.2, 0.25) is 5.02 Å². The highest BCUT2D eigenvalue weighted by Gasteiger charge is 2.00. The maximum absolute atomic E-state index is 5.98. The van der Waals surface area contributed by atoms with Gasteiger partial charge in [0, 0.05) is 38.4 Å². The predicted molar refractivity (Wildman–Crippen MR) is 91.2 cm³/mol. The minimum atomic E-state index is 0.697. The van der Waals surface area contributed by atoms with Gasteiger partial charge in [0.1, 0.15) is 0 Å². The van der Waals surface area contributed by atoms with Gasteiger partial charge in [-0.25, -0.2) is 0 Å². The summed E-state index contributed by atoms with van der Waals surface area (Å²) in [6.07, 6.45) is 5.99. The van der Waals surface area contributed by atoms with E-state index in [2.05, 4.69) is 20.7 Å². The fourth-order valence-corrected chi connectivity index (χ4v) is 2.37. The standard InChI is InChI=1S/C16H22ClN5/c1-18-16(20-10-13-5-3-7-15(17)9-13)19-8-4-6-14-11-21-22(2)12-14/h3,5,7,9,11-12H,4,6,8,10H2,1-2H3,(H2,18,19,20). The van der Waals surface area contributed by atoms with Crippen LogP contribution in [-0.4, -0.2) is 29.3 Å². The van der Waals surface area contributed by atoms with Crippen LogP contribution in [0.25, 0.3) is 0 Å². The highest BCUT2D eigenvalue weighted by molar-refractivity contribution is 6.30. The molecular formula is C16H22ClN5. The number of rotatable bonds is 6. The van der Waals surface area contributed by atoms with Crippen molar-refractivity contribution in [3.05, 3.63) is 52.8 Å². The van der Waals surface area contributed by atoms with Crippen LogP contribution >= 0.6 is 11.6 Å². The van der Waals surface area contributed by atoms with E-state index in [9.17, 15) is 0 Å². The Morgan fingerprint density at radius 1 is 1.32 bits per heavy atom. The first-order valence-corrected chi connectivity index (χ1v) is 7.71. The molecule has 1 aromatic carbocycles. The van der Waals surface area contributed by atoms with Crippen molar-refractivity contribution in [1.82, 2.24) is 20.4 Å². The zero-order chi connectivity index (χ0) is 15.8. The van der Waals surface area contributed by atoms with E-state index >= 15 is 0 Å². The van der Waals surface area contributed by atoms with Gasteiger partial charge in [-0.2, -0.15) is 5.10 Å². The van der Waals surface area contributed by atoms with E-state index in [1.54, 1.807) is 7.05 Å². The minimum absolute atomic E-state index is 0.697. The molecule has 0 radical (unpaired) electrons. The van der Waals surface area contributed by atoms with Crippen molar-refractivity contribution in [3.8, 4) is 0 Å². The number of guanidine groups is 1. The van der Waals surface area contributed by atoms with E-state index in [1.807, 2.05) is 48.4 Å². The minimum Gasteiger partial charge on any atom is -0.356 e. The number of aromatic nitrogens is 2. The molecule has 0 unspecified atom stereocenters. The molecule has 0 saturated carbocycles. The van der Waals surface area contributed by atoms with E-state index in [-0.39, 0.29) is 0 Å². The van der Waals surface area contributed by atoms with Crippen LogP contribution in [0.1, 0.15) is 17.5 Å². The Balaban J connectivity index is 1.69. The molecular weight excluding hydrogens is 298 g/mol. The second-order valence-corrected chi connectivity index (χ2v) is 5.54. The van der Waals surface area contributed by atoms with Gasteiger partial charge in [0.15, 0.2) is 5.96 Å². The first-order chi connectivity index (χ1) is 10.7. The van der Waals surface area contributed by atoms with Crippen LogP contribution < -0.4 is 10.6 Å². The van der Waals surface area contributed by atoms with Crippen LogP contribution in [0.3, 0.4) is 0 Å². The van der Waals surface area contributed by atoms with Crippen molar-refractivity contribution in [2.24, 2.45) is 12.0 Å². The Labute approximate surface area is 136 Å². The summed E-state index contributed by atoms with van der Waals surface area (Å²) in [7, 11) is 3.71. The number of nitrogens with zero attached hydrogens (tertiary/aromatic N) is 3. The van der Waals surface area contributed by atoms with Crippen molar-refractivity contribution in [2.75, 3.05) is 13.6 Å². The summed E-state index contributed by atoms with van der Waals surface area (Å²) in [6.45, 7) is 1.56. The van der Waals surface area contributed by atoms with Gasteiger partial charge >= 0.3 is 0 Å². The molecule has 0 fully saturated rings. The summed E-state index contributed by atoms with van der Waals surface area (Å²) in [6, 6.07) is 7.80. The van der Waals surface area contributed by atoms with Gasteiger partial charge in [0.05, 0.1) is 6.20 Å². The average Bonchev–Trinajstić information content (AvgIpc) is 2.92. The van der Waals surface area contributed by atoms with Gasteiger partial charge < -0.3 is 10.6 Å². The van der Waals surface area contributed by atoms with E-state index in [4.69, 9.17) is 11.6 Å². The molecule has 1 aromatic heterocycles. The Bertz CT molecular complexity index is 621. The number of benzene rings is 1. The van der Waals surface area contributed by atoms with Gasteiger partial charge in [-0.1, -0.05) is 23.7 Å². The van der Waals surface area contributed by atoms with Crippen LogP contribution in [0.5, 0.6) is 0 Å². The molecule has 0 atom stereocenters. The van der Waals surface area contributed by atoms with Crippen molar-refractivity contribution >= 4 is 17.6 Å². The Morgan fingerprint density at radius 2 is 2.18 bits per heavy atom. The highest BCUT2D eigenvalue weighted by Crippen LogP contribution is 2.10. The molecule has 6 heteroatoms. The average molecular weight is 320 g/mol. The molecule has 1 heterocycles. The van der Waals surface area contributed by atoms with Gasteiger partial charge in [0.2, 0.25) is 0 Å². The van der Waals surface area contributed by atoms with Crippen molar-refractivity contribution in [1.29, 1.82) is 0 Å². The molecule has 118 valence electrons. The number of hydrogen-bond donors (Lipinski definition) is 2. The second-order valence-electron chi connectivity index (χ2n) is 5.11. The summed E-state index contributed by atoms with van der Waals surface area (Å²) in [4.78, 5) is 4.22. The molecule has 0 aliphatic rings. The predicted octanol–water partition coefficient (Wildman–Crippen LogP) is 2.37. The van der Waals surface area contributed by atoms with Crippen LogP contribution in [0, 0.1) is 0 Å². The molecule has 2 aromatic rings. The number of nitrogens with one attached hydrogen (secondary N) is 2. The molecule has 0 amide bonds. The summed E-state index contributed by atoms with van der Waals surface area (Å²) >= 11 is 5.98. The van der Waals surface area contributed by atoms with Gasteiger partial charge in [-0.05, 0) is 36.1 Å². The van der Waals surface area contributed by atoms with Gasteiger partial charge in [-0.3, -0.25) is 9.67 Å². The fraction of sp³-hybridized carbons (Fsp3) is 0.375. The largest absolute Gasteiger partial charge is 0.356 e. The Morgan fingerprint density at radius 3 is 2.86 bits per heavy atom. The lowest BCUT2D eigenvalue weighted by Gasteiger charge is -2.11. The first-order valence-electron chi connectivity index (χ1n) is 7.34. The number of halogens is 1. The first kappa shape index (κ1) is 16.4. The molecule has 2 rings (SSSR count). The molecule has 5 nitrogen and oxygen atoms in total. The third kappa shape index (κ3) is 5.41. The van der Waals surface area contributed by atoms with Crippen molar-refractivity contribution in [3.63, 3.8) is 0 Å². The number of aliphatic imine (C=N–C) groups is 1. The molecule has 22 heavy (non-hydrogen) atoms. The number of aryl methyl sites for hydroxylation is 2. The van der Waals surface area contributed by atoms with Gasteiger partial charge in [-0.15, -0.1) is 0 Å².